The Bertz CT molecular complexity index is 1100. The molecule has 1 amide bonds. The van der Waals surface area contributed by atoms with Crippen LogP contribution in [0.1, 0.15) is 34.5 Å². The molecule has 0 atom stereocenters. The zero-order valence-electron chi connectivity index (χ0n) is 18.7. The summed E-state index contributed by atoms with van der Waals surface area (Å²) in [5.74, 6) is 1.01. The number of pyridine rings is 1. The lowest BCUT2D eigenvalue weighted by Gasteiger charge is -2.16. The van der Waals surface area contributed by atoms with E-state index < -0.39 is 0 Å². The standard InChI is InChI=1S/C24H28N4O4/c1-30-20-9-8-18(22(31-2)23(20)32-3)24(29)26-14-15-28-19-7-5-4-6-17(19)21(27-28)16-10-12-25-13-11-16/h8-13H,4-7,14-15H2,1-3H3,(H,26,29). The van der Waals surface area contributed by atoms with Crippen LogP contribution in [0.4, 0.5) is 0 Å². The molecule has 0 aliphatic heterocycles. The zero-order valence-corrected chi connectivity index (χ0v) is 18.7. The molecule has 3 aromatic rings. The van der Waals surface area contributed by atoms with E-state index in [4.69, 9.17) is 19.3 Å². The maximum absolute atomic E-state index is 12.9. The molecule has 0 saturated heterocycles. The summed E-state index contributed by atoms with van der Waals surface area (Å²) in [5.41, 5.74) is 5.08. The number of ether oxygens (including phenoxy) is 3. The van der Waals surface area contributed by atoms with Crippen LogP contribution in [0, 0.1) is 0 Å². The van der Waals surface area contributed by atoms with Crippen molar-refractivity contribution in [1.82, 2.24) is 20.1 Å². The summed E-state index contributed by atoms with van der Waals surface area (Å²) < 4.78 is 18.1. The van der Waals surface area contributed by atoms with Crippen LogP contribution in [-0.2, 0) is 19.4 Å². The number of nitrogens with one attached hydrogen (secondary N) is 1. The second kappa shape index (κ2) is 9.72. The molecule has 1 aromatic carbocycles. The number of carbonyl (C=O) groups is 1. The van der Waals surface area contributed by atoms with Gasteiger partial charge in [-0.1, -0.05) is 0 Å². The summed E-state index contributed by atoms with van der Waals surface area (Å²) in [7, 11) is 4.57. The number of nitrogens with zero attached hydrogens (tertiary/aromatic N) is 3. The van der Waals surface area contributed by atoms with E-state index in [0.717, 1.165) is 30.5 Å². The minimum Gasteiger partial charge on any atom is -0.493 e. The van der Waals surface area contributed by atoms with Crippen molar-refractivity contribution in [3.63, 3.8) is 0 Å². The number of carbonyl (C=O) groups excluding carboxylic acids is 1. The number of benzene rings is 1. The highest BCUT2D eigenvalue weighted by Crippen LogP contribution is 2.39. The van der Waals surface area contributed by atoms with Crippen LogP contribution in [0.25, 0.3) is 11.3 Å². The first-order chi connectivity index (χ1) is 15.7. The van der Waals surface area contributed by atoms with Crippen LogP contribution in [0.2, 0.25) is 0 Å². The van der Waals surface area contributed by atoms with Gasteiger partial charge in [-0.3, -0.25) is 14.5 Å². The second-order valence-corrected chi connectivity index (χ2v) is 7.58. The minimum atomic E-state index is -0.238. The largest absolute Gasteiger partial charge is 0.493 e. The van der Waals surface area contributed by atoms with Crippen LogP contribution < -0.4 is 19.5 Å². The molecule has 0 bridgehead atoms. The van der Waals surface area contributed by atoms with Crippen molar-refractivity contribution in [1.29, 1.82) is 0 Å². The van der Waals surface area contributed by atoms with Gasteiger partial charge >= 0.3 is 0 Å². The second-order valence-electron chi connectivity index (χ2n) is 7.58. The van der Waals surface area contributed by atoms with E-state index >= 15 is 0 Å². The quantitative estimate of drug-likeness (QED) is 0.583. The van der Waals surface area contributed by atoms with Crippen LogP contribution in [0.5, 0.6) is 17.2 Å². The van der Waals surface area contributed by atoms with E-state index in [0.29, 0.717) is 35.9 Å². The van der Waals surface area contributed by atoms with E-state index in [1.54, 1.807) is 31.6 Å². The average Bonchev–Trinajstić information content (AvgIpc) is 3.22. The molecule has 168 valence electrons. The Labute approximate surface area is 187 Å². The van der Waals surface area contributed by atoms with E-state index in [1.165, 1.54) is 31.9 Å². The summed E-state index contributed by atoms with van der Waals surface area (Å²) in [4.78, 5) is 17.0. The van der Waals surface area contributed by atoms with Gasteiger partial charge in [0.1, 0.15) is 0 Å². The van der Waals surface area contributed by atoms with Crippen LogP contribution in [0.15, 0.2) is 36.7 Å². The number of methoxy groups -OCH3 is 3. The van der Waals surface area contributed by atoms with Crippen LogP contribution in [0.3, 0.4) is 0 Å². The van der Waals surface area contributed by atoms with Crippen molar-refractivity contribution in [2.45, 2.75) is 32.2 Å². The van der Waals surface area contributed by atoms with Gasteiger partial charge in [-0.2, -0.15) is 5.10 Å². The van der Waals surface area contributed by atoms with Crippen LogP contribution in [-0.4, -0.2) is 48.5 Å². The fourth-order valence-electron chi connectivity index (χ4n) is 4.25. The molecule has 4 rings (SSSR count). The molecule has 32 heavy (non-hydrogen) atoms. The molecule has 0 fully saturated rings. The molecule has 8 nitrogen and oxygen atoms in total. The number of aromatic nitrogens is 3. The monoisotopic (exact) mass is 436 g/mol. The predicted molar refractivity (Wildman–Crippen MR) is 121 cm³/mol. The lowest BCUT2D eigenvalue weighted by Crippen LogP contribution is -2.28. The molecule has 2 heterocycles. The van der Waals surface area contributed by atoms with Gasteiger partial charge in [-0.15, -0.1) is 0 Å². The zero-order chi connectivity index (χ0) is 22.5. The van der Waals surface area contributed by atoms with Gasteiger partial charge < -0.3 is 19.5 Å². The average molecular weight is 437 g/mol. The van der Waals surface area contributed by atoms with Gasteiger partial charge in [0.2, 0.25) is 5.75 Å². The molecule has 0 unspecified atom stereocenters. The molecule has 1 aliphatic rings. The summed E-state index contributed by atoms with van der Waals surface area (Å²) in [6, 6.07) is 7.35. The van der Waals surface area contributed by atoms with Gasteiger partial charge in [0.25, 0.3) is 5.91 Å². The fraction of sp³-hybridized carbons (Fsp3) is 0.375. The Morgan fingerprint density at radius 1 is 1.00 bits per heavy atom. The number of hydrogen-bond donors (Lipinski definition) is 1. The number of fused-ring (bicyclic) bond motifs is 1. The SMILES string of the molecule is COc1ccc(C(=O)NCCn2nc(-c3ccncc3)c3c2CCCC3)c(OC)c1OC. The molecular formula is C24H28N4O4. The summed E-state index contributed by atoms with van der Waals surface area (Å²) in [6.45, 7) is 1.04. The molecule has 0 spiro atoms. The van der Waals surface area contributed by atoms with Gasteiger partial charge in [0.15, 0.2) is 11.5 Å². The van der Waals surface area contributed by atoms with Crippen LogP contribution >= 0.6 is 0 Å². The maximum Gasteiger partial charge on any atom is 0.255 e. The van der Waals surface area contributed by atoms with Crippen molar-refractivity contribution < 1.29 is 19.0 Å². The fourth-order valence-corrected chi connectivity index (χ4v) is 4.25. The van der Waals surface area contributed by atoms with Crippen molar-refractivity contribution >= 4 is 5.91 Å². The van der Waals surface area contributed by atoms with Gasteiger partial charge in [0.05, 0.1) is 39.1 Å². The van der Waals surface area contributed by atoms with Crippen molar-refractivity contribution in [2.75, 3.05) is 27.9 Å². The molecule has 8 heteroatoms. The molecule has 1 N–H and O–H groups in total. The molecule has 2 aromatic heterocycles. The summed E-state index contributed by atoms with van der Waals surface area (Å²) >= 11 is 0. The number of rotatable bonds is 8. The Balaban J connectivity index is 1.51. The third-order valence-electron chi connectivity index (χ3n) is 5.77. The minimum absolute atomic E-state index is 0.238. The van der Waals surface area contributed by atoms with E-state index in [-0.39, 0.29) is 5.91 Å². The molecule has 0 saturated carbocycles. The lowest BCUT2D eigenvalue weighted by atomic mass is 9.94. The predicted octanol–water partition coefficient (Wildman–Crippen LogP) is 3.28. The Kier molecular flexibility index (Phi) is 6.58. The Hall–Kier alpha value is -3.55. The smallest absolute Gasteiger partial charge is 0.255 e. The maximum atomic E-state index is 12.9. The van der Waals surface area contributed by atoms with Crippen molar-refractivity contribution in [3.8, 4) is 28.5 Å². The highest BCUT2D eigenvalue weighted by Gasteiger charge is 2.23. The Morgan fingerprint density at radius 2 is 1.75 bits per heavy atom. The first kappa shape index (κ1) is 21.7. The Morgan fingerprint density at radius 3 is 2.47 bits per heavy atom. The number of amides is 1. The van der Waals surface area contributed by atoms with E-state index in [9.17, 15) is 4.79 Å². The highest BCUT2D eigenvalue weighted by atomic mass is 16.5. The lowest BCUT2D eigenvalue weighted by molar-refractivity contribution is 0.0948. The number of hydrogen-bond acceptors (Lipinski definition) is 6. The highest BCUT2D eigenvalue weighted by molar-refractivity contribution is 5.98. The molecule has 1 aliphatic carbocycles. The van der Waals surface area contributed by atoms with E-state index in [2.05, 4.69) is 10.3 Å². The topological polar surface area (TPSA) is 87.5 Å². The third kappa shape index (κ3) is 4.12. The molecular weight excluding hydrogens is 408 g/mol. The van der Waals surface area contributed by atoms with Gasteiger partial charge in [0, 0.05) is 35.8 Å². The van der Waals surface area contributed by atoms with Crippen molar-refractivity contribution in [3.05, 3.63) is 53.5 Å². The first-order valence-electron chi connectivity index (χ1n) is 10.7. The summed E-state index contributed by atoms with van der Waals surface area (Å²) in [5, 5.41) is 7.87. The van der Waals surface area contributed by atoms with Crippen molar-refractivity contribution in [2.24, 2.45) is 0 Å². The molecule has 0 radical (unpaired) electrons. The van der Waals surface area contributed by atoms with Gasteiger partial charge in [-0.25, -0.2) is 0 Å². The third-order valence-corrected chi connectivity index (χ3v) is 5.77. The van der Waals surface area contributed by atoms with E-state index in [1.807, 2.05) is 16.8 Å². The van der Waals surface area contributed by atoms with Gasteiger partial charge in [-0.05, 0) is 49.9 Å². The first-order valence-corrected chi connectivity index (χ1v) is 10.7. The normalized spacial score (nSPS) is 12.7. The summed E-state index contributed by atoms with van der Waals surface area (Å²) in [6.07, 6.45) is 7.95.